The molecule has 0 amide bonds. The summed E-state index contributed by atoms with van der Waals surface area (Å²) in [5.74, 6) is 2.46. The molecule has 2 rings (SSSR count). The summed E-state index contributed by atoms with van der Waals surface area (Å²) < 4.78 is 21.8. The molecular weight excluding hydrogens is 306 g/mol. The van der Waals surface area contributed by atoms with Gasteiger partial charge in [-0.2, -0.15) is 0 Å². The maximum atomic E-state index is 5.74. The number of hydrogen-bond donors (Lipinski definition) is 1. The first kappa shape index (κ1) is 17.9. The van der Waals surface area contributed by atoms with Gasteiger partial charge >= 0.3 is 0 Å². The van der Waals surface area contributed by atoms with E-state index in [4.69, 9.17) is 18.9 Å². The van der Waals surface area contributed by atoms with Gasteiger partial charge in [-0.15, -0.1) is 0 Å². The van der Waals surface area contributed by atoms with Crippen molar-refractivity contribution >= 4 is 5.69 Å². The Morgan fingerprint density at radius 1 is 0.833 bits per heavy atom. The molecule has 5 heteroatoms. The van der Waals surface area contributed by atoms with Crippen LogP contribution in [0.2, 0.25) is 0 Å². The number of anilines is 1. The summed E-state index contributed by atoms with van der Waals surface area (Å²) in [6, 6.07) is 15.4. The molecule has 0 aliphatic carbocycles. The summed E-state index contributed by atoms with van der Waals surface area (Å²) in [5.41, 5.74) is 0.951. The van der Waals surface area contributed by atoms with Gasteiger partial charge in [-0.1, -0.05) is 12.1 Å². The van der Waals surface area contributed by atoms with Gasteiger partial charge in [0.05, 0.1) is 19.4 Å². The Bertz CT molecular complexity index is 586. The summed E-state index contributed by atoms with van der Waals surface area (Å²) in [4.78, 5) is 0. The van der Waals surface area contributed by atoms with Crippen LogP contribution < -0.4 is 19.5 Å². The standard InChI is InChI=1S/C19H25NO4/c1-3-22-14-15-24-19-7-5-4-6-18(19)20-12-13-23-17-10-8-16(21-2)9-11-17/h4-11,20H,3,12-15H2,1-2H3. The number of methoxy groups -OCH3 is 1. The number of ether oxygens (including phenoxy) is 4. The average Bonchev–Trinajstić information content (AvgIpc) is 2.64. The first-order valence-corrected chi connectivity index (χ1v) is 8.13. The van der Waals surface area contributed by atoms with Crippen molar-refractivity contribution in [1.29, 1.82) is 0 Å². The first-order chi connectivity index (χ1) is 11.8. The van der Waals surface area contributed by atoms with E-state index < -0.39 is 0 Å². The third-order valence-electron chi connectivity index (χ3n) is 3.32. The maximum absolute atomic E-state index is 5.74. The van der Waals surface area contributed by atoms with Crippen LogP contribution in [0, 0.1) is 0 Å². The monoisotopic (exact) mass is 331 g/mol. The van der Waals surface area contributed by atoms with E-state index in [2.05, 4.69) is 5.32 Å². The summed E-state index contributed by atoms with van der Waals surface area (Å²) in [6.07, 6.45) is 0. The Hall–Kier alpha value is -2.40. The Kier molecular flexibility index (Phi) is 7.77. The third-order valence-corrected chi connectivity index (χ3v) is 3.32. The first-order valence-electron chi connectivity index (χ1n) is 8.13. The van der Waals surface area contributed by atoms with Crippen LogP contribution in [0.15, 0.2) is 48.5 Å². The van der Waals surface area contributed by atoms with Crippen LogP contribution in [0.4, 0.5) is 5.69 Å². The average molecular weight is 331 g/mol. The second-order valence-electron chi connectivity index (χ2n) is 4.99. The van der Waals surface area contributed by atoms with Crippen LogP contribution in [0.25, 0.3) is 0 Å². The summed E-state index contributed by atoms with van der Waals surface area (Å²) in [5, 5.41) is 3.33. The molecule has 0 unspecified atom stereocenters. The molecule has 0 bridgehead atoms. The summed E-state index contributed by atoms with van der Waals surface area (Å²) in [6.45, 7) is 5.03. The molecule has 0 heterocycles. The van der Waals surface area contributed by atoms with E-state index in [0.717, 1.165) is 22.9 Å². The predicted molar refractivity (Wildman–Crippen MR) is 95.4 cm³/mol. The molecule has 0 fully saturated rings. The second-order valence-corrected chi connectivity index (χ2v) is 4.99. The van der Waals surface area contributed by atoms with Crippen molar-refractivity contribution in [1.82, 2.24) is 0 Å². The molecule has 0 saturated heterocycles. The zero-order valence-corrected chi connectivity index (χ0v) is 14.3. The SMILES string of the molecule is CCOCCOc1ccccc1NCCOc1ccc(OC)cc1. The van der Waals surface area contributed by atoms with Crippen LogP contribution in [0.5, 0.6) is 17.2 Å². The van der Waals surface area contributed by atoms with Crippen molar-refractivity contribution in [2.24, 2.45) is 0 Å². The molecule has 0 aromatic heterocycles. The van der Waals surface area contributed by atoms with E-state index in [1.165, 1.54) is 0 Å². The number of para-hydroxylation sites is 2. The molecular formula is C19H25NO4. The molecule has 0 aliphatic rings. The molecule has 2 aromatic carbocycles. The molecule has 0 aliphatic heterocycles. The minimum absolute atomic E-state index is 0.537. The second kappa shape index (κ2) is 10.4. The minimum Gasteiger partial charge on any atom is -0.497 e. The Morgan fingerprint density at radius 3 is 2.33 bits per heavy atom. The number of rotatable bonds is 11. The van der Waals surface area contributed by atoms with Crippen molar-refractivity contribution < 1.29 is 18.9 Å². The van der Waals surface area contributed by atoms with Gasteiger partial charge in [0.25, 0.3) is 0 Å². The van der Waals surface area contributed by atoms with E-state index >= 15 is 0 Å². The highest BCUT2D eigenvalue weighted by molar-refractivity contribution is 5.56. The fraction of sp³-hybridized carbons (Fsp3) is 0.368. The van der Waals surface area contributed by atoms with Gasteiger partial charge in [0.2, 0.25) is 0 Å². The lowest BCUT2D eigenvalue weighted by Crippen LogP contribution is -2.13. The van der Waals surface area contributed by atoms with Gasteiger partial charge in [0.1, 0.15) is 30.5 Å². The van der Waals surface area contributed by atoms with Gasteiger partial charge in [0.15, 0.2) is 0 Å². The molecule has 0 atom stereocenters. The Morgan fingerprint density at radius 2 is 1.58 bits per heavy atom. The van der Waals surface area contributed by atoms with Gasteiger partial charge in [0, 0.05) is 13.2 Å². The van der Waals surface area contributed by atoms with Gasteiger partial charge in [-0.05, 0) is 43.3 Å². The number of hydrogen-bond acceptors (Lipinski definition) is 5. The topological polar surface area (TPSA) is 49.0 Å². The lowest BCUT2D eigenvalue weighted by Gasteiger charge is -2.13. The van der Waals surface area contributed by atoms with Crippen LogP contribution in [0.3, 0.4) is 0 Å². The van der Waals surface area contributed by atoms with Gasteiger partial charge < -0.3 is 24.3 Å². The smallest absolute Gasteiger partial charge is 0.142 e. The zero-order valence-electron chi connectivity index (χ0n) is 14.3. The zero-order chi connectivity index (χ0) is 17.0. The molecule has 5 nitrogen and oxygen atoms in total. The largest absolute Gasteiger partial charge is 0.497 e. The fourth-order valence-electron chi connectivity index (χ4n) is 2.12. The molecule has 2 aromatic rings. The summed E-state index contributed by atoms with van der Waals surface area (Å²) in [7, 11) is 1.65. The van der Waals surface area contributed by atoms with Gasteiger partial charge in [-0.3, -0.25) is 0 Å². The fourth-order valence-corrected chi connectivity index (χ4v) is 2.12. The molecule has 1 N–H and O–H groups in total. The molecule has 0 radical (unpaired) electrons. The predicted octanol–water partition coefficient (Wildman–Crippen LogP) is 3.60. The van der Waals surface area contributed by atoms with Crippen molar-refractivity contribution in [3.05, 3.63) is 48.5 Å². The normalized spacial score (nSPS) is 10.2. The van der Waals surface area contributed by atoms with Crippen molar-refractivity contribution in [3.63, 3.8) is 0 Å². The maximum Gasteiger partial charge on any atom is 0.142 e. The highest BCUT2D eigenvalue weighted by atomic mass is 16.5. The lowest BCUT2D eigenvalue weighted by molar-refractivity contribution is 0.110. The quantitative estimate of drug-likeness (QED) is 0.638. The van der Waals surface area contributed by atoms with Crippen LogP contribution in [-0.2, 0) is 4.74 Å². The van der Waals surface area contributed by atoms with E-state index in [1.54, 1.807) is 7.11 Å². The van der Waals surface area contributed by atoms with Crippen LogP contribution >= 0.6 is 0 Å². The van der Waals surface area contributed by atoms with Crippen molar-refractivity contribution in [2.75, 3.05) is 45.4 Å². The van der Waals surface area contributed by atoms with Crippen molar-refractivity contribution in [2.45, 2.75) is 6.92 Å². The van der Waals surface area contributed by atoms with E-state index in [9.17, 15) is 0 Å². The molecule has 24 heavy (non-hydrogen) atoms. The highest BCUT2D eigenvalue weighted by Gasteiger charge is 2.02. The van der Waals surface area contributed by atoms with Crippen molar-refractivity contribution in [3.8, 4) is 17.2 Å². The molecule has 130 valence electrons. The Balaban J connectivity index is 1.74. The highest BCUT2D eigenvalue weighted by Crippen LogP contribution is 2.23. The van der Waals surface area contributed by atoms with E-state index in [-0.39, 0.29) is 0 Å². The molecule has 0 saturated carbocycles. The summed E-state index contributed by atoms with van der Waals surface area (Å²) >= 11 is 0. The van der Waals surface area contributed by atoms with E-state index in [0.29, 0.717) is 33.0 Å². The Labute approximate surface area is 143 Å². The van der Waals surface area contributed by atoms with Gasteiger partial charge in [-0.25, -0.2) is 0 Å². The number of benzene rings is 2. The number of nitrogens with one attached hydrogen (secondary N) is 1. The van der Waals surface area contributed by atoms with Crippen LogP contribution in [-0.4, -0.2) is 40.1 Å². The molecule has 0 spiro atoms. The third kappa shape index (κ3) is 6.01. The lowest BCUT2D eigenvalue weighted by atomic mass is 10.3. The van der Waals surface area contributed by atoms with Crippen LogP contribution in [0.1, 0.15) is 6.92 Å². The van der Waals surface area contributed by atoms with E-state index in [1.807, 2.05) is 55.5 Å². The minimum atomic E-state index is 0.537.